The maximum atomic E-state index is 13.4. The molecule has 0 N–H and O–H groups in total. The number of methoxy groups -OCH3 is 1. The lowest BCUT2D eigenvalue weighted by atomic mass is 9.98. The van der Waals surface area contributed by atoms with Crippen LogP contribution in [0.2, 0.25) is 0 Å². The van der Waals surface area contributed by atoms with Gasteiger partial charge in [0, 0.05) is 19.5 Å². The molecule has 1 fully saturated rings. The van der Waals surface area contributed by atoms with Crippen molar-refractivity contribution >= 4 is 12.1 Å². The Morgan fingerprint density at radius 3 is 2.46 bits per heavy atom. The van der Waals surface area contributed by atoms with E-state index in [-0.39, 0.29) is 12.4 Å². The third-order valence-corrected chi connectivity index (χ3v) is 4.38. The van der Waals surface area contributed by atoms with Crippen LogP contribution in [0.5, 0.6) is 5.75 Å². The predicted octanol–water partition coefficient (Wildman–Crippen LogP) is 3.80. The average Bonchev–Trinajstić information content (AvgIpc) is 2.66. The molecule has 0 aliphatic carbocycles. The first-order valence-corrected chi connectivity index (χ1v) is 8.94. The molecule has 1 amide bonds. The molecule has 2 rings (SSSR count). The fourth-order valence-corrected chi connectivity index (χ4v) is 2.77. The number of carbonyl (C=O) groups excluding carboxylic acids is 2. The first kappa shape index (κ1) is 20.0. The zero-order chi connectivity index (χ0) is 18.9. The van der Waals surface area contributed by atoms with Crippen molar-refractivity contribution < 1.29 is 28.2 Å². The van der Waals surface area contributed by atoms with Gasteiger partial charge in [-0.3, -0.25) is 0 Å². The number of hydrogen-bond acceptors (Lipinski definition) is 5. The van der Waals surface area contributed by atoms with E-state index >= 15 is 0 Å². The SMILES string of the molecule is CCCC(F)OC(=O)N1CCC(COc2ccc(C(=O)OC)cc2)CC1. The highest BCUT2D eigenvalue weighted by molar-refractivity contribution is 5.89. The van der Waals surface area contributed by atoms with Crippen LogP contribution in [-0.2, 0) is 9.47 Å². The van der Waals surface area contributed by atoms with Gasteiger partial charge >= 0.3 is 12.1 Å². The number of carbonyl (C=O) groups is 2. The zero-order valence-electron chi connectivity index (χ0n) is 15.3. The molecule has 1 aliphatic rings. The van der Waals surface area contributed by atoms with E-state index < -0.39 is 12.5 Å². The van der Waals surface area contributed by atoms with Gasteiger partial charge in [-0.15, -0.1) is 0 Å². The summed E-state index contributed by atoms with van der Waals surface area (Å²) in [5, 5.41) is 0. The molecule has 1 aliphatic heterocycles. The molecule has 1 saturated heterocycles. The van der Waals surface area contributed by atoms with Gasteiger partial charge in [-0.2, -0.15) is 0 Å². The molecule has 1 unspecified atom stereocenters. The molecule has 0 saturated carbocycles. The monoisotopic (exact) mass is 367 g/mol. The minimum atomic E-state index is -1.53. The minimum Gasteiger partial charge on any atom is -0.493 e. The highest BCUT2D eigenvalue weighted by Crippen LogP contribution is 2.21. The summed E-state index contributed by atoms with van der Waals surface area (Å²) >= 11 is 0. The number of alkyl halides is 1. The van der Waals surface area contributed by atoms with E-state index in [0.29, 0.717) is 43.3 Å². The van der Waals surface area contributed by atoms with Crippen molar-refractivity contribution in [1.82, 2.24) is 4.90 Å². The van der Waals surface area contributed by atoms with Crippen LogP contribution in [0.15, 0.2) is 24.3 Å². The van der Waals surface area contributed by atoms with Crippen molar-refractivity contribution in [3.05, 3.63) is 29.8 Å². The fraction of sp³-hybridized carbons (Fsp3) is 0.579. The van der Waals surface area contributed by atoms with Crippen molar-refractivity contribution in [2.75, 3.05) is 26.8 Å². The van der Waals surface area contributed by atoms with Gasteiger partial charge in [-0.1, -0.05) is 6.92 Å². The Morgan fingerprint density at radius 2 is 1.88 bits per heavy atom. The maximum absolute atomic E-state index is 13.4. The summed E-state index contributed by atoms with van der Waals surface area (Å²) in [6.07, 6.45) is 0.310. The fourth-order valence-electron chi connectivity index (χ4n) is 2.77. The number of amides is 1. The molecule has 0 aromatic heterocycles. The molecule has 6 nitrogen and oxygen atoms in total. The van der Waals surface area contributed by atoms with E-state index in [1.54, 1.807) is 29.2 Å². The number of esters is 1. The van der Waals surface area contributed by atoms with Crippen LogP contribution in [0.25, 0.3) is 0 Å². The normalized spacial score (nSPS) is 16.0. The van der Waals surface area contributed by atoms with Crippen molar-refractivity contribution in [2.45, 2.75) is 39.0 Å². The van der Waals surface area contributed by atoms with Gasteiger partial charge in [0.25, 0.3) is 0 Å². The number of hydrogen-bond donors (Lipinski definition) is 0. The highest BCUT2D eigenvalue weighted by atomic mass is 19.1. The third-order valence-electron chi connectivity index (χ3n) is 4.38. The van der Waals surface area contributed by atoms with Gasteiger partial charge in [-0.25, -0.2) is 14.0 Å². The molecule has 144 valence electrons. The summed E-state index contributed by atoms with van der Waals surface area (Å²) in [6.45, 7) is 3.44. The van der Waals surface area contributed by atoms with Crippen LogP contribution < -0.4 is 4.74 Å². The summed E-state index contributed by atoms with van der Waals surface area (Å²) in [4.78, 5) is 24.8. The summed E-state index contributed by atoms with van der Waals surface area (Å²) in [5.41, 5.74) is 0.473. The second-order valence-corrected chi connectivity index (χ2v) is 6.34. The van der Waals surface area contributed by atoms with E-state index in [0.717, 1.165) is 12.8 Å². The lowest BCUT2D eigenvalue weighted by Gasteiger charge is -2.31. The standard InChI is InChI=1S/C19H26FNO5/c1-3-4-17(20)26-19(23)21-11-9-14(10-12-21)13-25-16-7-5-15(6-8-16)18(22)24-2/h5-8,14,17H,3-4,9-13H2,1-2H3. The topological polar surface area (TPSA) is 65.1 Å². The van der Waals surface area contributed by atoms with Gasteiger partial charge in [0.05, 0.1) is 19.3 Å². The Balaban J connectivity index is 1.71. The Bertz CT molecular complexity index is 584. The first-order chi connectivity index (χ1) is 12.5. The van der Waals surface area contributed by atoms with Crippen LogP contribution >= 0.6 is 0 Å². The summed E-state index contributed by atoms with van der Waals surface area (Å²) in [7, 11) is 1.34. The van der Waals surface area contributed by atoms with Crippen LogP contribution in [0.1, 0.15) is 43.0 Å². The summed E-state index contributed by atoms with van der Waals surface area (Å²) in [6, 6.07) is 6.77. The van der Waals surface area contributed by atoms with Gasteiger partial charge in [-0.05, 0) is 49.4 Å². The van der Waals surface area contributed by atoms with E-state index in [1.165, 1.54) is 7.11 Å². The maximum Gasteiger partial charge on any atom is 0.412 e. The van der Waals surface area contributed by atoms with Crippen molar-refractivity contribution in [2.24, 2.45) is 5.92 Å². The molecule has 26 heavy (non-hydrogen) atoms. The van der Waals surface area contributed by atoms with E-state index in [1.807, 2.05) is 6.92 Å². The van der Waals surface area contributed by atoms with Gasteiger partial charge in [0.1, 0.15) is 5.75 Å². The van der Waals surface area contributed by atoms with Crippen LogP contribution in [0.4, 0.5) is 9.18 Å². The molecule has 7 heteroatoms. The van der Waals surface area contributed by atoms with Gasteiger partial charge in [0.2, 0.25) is 6.36 Å². The van der Waals surface area contributed by atoms with E-state index in [9.17, 15) is 14.0 Å². The largest absolute Gasteiger partial charge is 0.493 e. The van der Waals surface area contributed by atoms with E-state index in [4.69, 9.17) is 9.47 Å². The number of nitrogens with zero attached hydrogens (tertiary/aromatic N) is 1. The molecular formula is C19H26FNO5. The number of piperidine rings is 1. The average molecular weight is 367 g/mol. The Morgan fingerprint density at radius 1 is 1.23 bits per heavy atom. The Hall–Kier alpha value is -2.31. The van der Waals surface area contributed by atoms with Crippen molar-refractivity contribution in [3.8, 4) is 5.75 Å². The molecular weight excluding hydrogens is 341 g/mol. The van der Waals surface area contributed by atoms with Crippen LogP contribution in [0.3, 0.4) is 0 Å². The van der Waals surface area contributed by atoms with Crippen LogP contribution in [-0.4, -0.2) is 50.1 Å². The summed E-state index contributed by atoms with van der Waals surface area (Å²) in [5.74, 6) is 0.612. The molecule has 0 spiro atoms. The first-order valence-electron chi connectivity index (χ1n) is 8.94. The molecule has 0 radical (unpaired) electrons. The van der Waals surface area contributed by atoms with Crippen molar-refractivity contribution in [3.63, 3.8) is 0 Å². The highest BCUT2D eigenvalue weighted by Gasteiger charge is 2.25. The van der Waals surface area contributed by atoms with Gasteiger partial charge in [0.15, 0.2) is 0 Å². The smallest absolute Gasteiger partial charge is 0.412 e. The molecule has 0 bridgehead atoms. The number of benzene rings is 1. The Kier molecular flexibility index (Phi) is 7.69. The number of rotatable bonds is 7. The zero-order valence-corrected chi connectivity index (χ0v) is 15.3. The molecule has 1 aromatic carbocycles. The molecule has 1 atom stereocenters. The van der Waals surface area contributed by atoms with Crippen molar-refractivity contribution in [1.29, 1.82) is 0 Å². The molecule has 1 aromatic rings. The minimum absolute atomic E-state index is 0.227. The number of ether oxygens (including phenoxy) is 3. The lowest BCUT2D eigenvalue weighted by Crippen LogP contribution is -2.40. The third kappa shape index (κ3) is 5.89. The summed E-state index contributed by atoms with van der Waals surface area (Å²) < 4.78 is 28.6. The lowest BCUT2D eigenvalue weighted by molar-refractivity contribution is -0.0160. The van der Waals surface area contributed by atoms with E-state index in [2.05, 4.69) is 4.74 Å². The number of likely N-dealkylation sites (tertiary alicyclic amines) is 1. The second-order valence-electron chi connectivity index (χ2n) is 6.34. The Labute approximate surface area is 153 Å². The predicted molar refractivity (Wildman–Crippen MR) is 93.9 cm³/mol. The quantitative estimate of drug-likeness (QED) is 0.686. The number of halogens is 1. The van der Waals surface area contributed by atoms with Gasteiger partial charge < -0.3 is 19.1 Å². The van der Waals surface area contributed by atoms with Crippen LogP contribution in [0, 0.1) is 5.92 Å². The second kappa shape index (κ2) is 9.99. The molecule has 1 heterocycles.